The van der Waals surface area contributed by atoms with Crippen molar-refractivity contribution in [3.8, 4) is 22.9 Å². The Balaban J connectivity index is 1.37. The topological polar surface area (TPSA) is 100 Å². The maximum absolute atomic E-state index is 12.3. The van der Waals surface area contributed by atoms with Gasteiger partial charge in [0.2, 0.25) is 11.1 Å². The number of amides is 1. The molecular formula is C19H19N5O4S. The molecule has 0 bridgehead atoms. The first-order chi connectivity index (χ1) is 14.2. The summed E-state index contributed by atoms with van der Waals surface area (Å²) in [6.45, 7) is 3.55. The zero-order valence-electron chi connectivity index (χ0n) is 15.7. The van der Waals surface area contributed by atoms with Crippen LogP contribution in [-0.2, 0) is 4.79 Å². The number of ether oxygens (including phenoxy) is 3. The third kappa shape index (κ3) is 4.60. The van der Waals surface area contributed by atoms with Gasteiger partial charge in [-0.25, -0.2) is 0 Å². The molecule has 0 radical (unpaired) electrons. The third-order valence-corrected chi connectivity index (χ3v) is 4.91. The predicted octanol–water partition coefficient (Wildman–Crippen LogP) is 2.56. The summed E-state index contributed by atoms with van der Waals surface area (Å²) in [5, 5.41) is 15.1. The summed E-state index contributed by atoms with van der Waals surface area (Å²) in [4.78, 5) is 12.3. The van der Waals surface area contributed by atoms with Gasteiger partial charge in [0.15, 0.2) is 11.5 Å². The first-order valence-electron chi connectivity index (χ1n) is 9.07. The van der Waals surface area contributed by atoms with Gasteiger partial charge >= 0.3 is 0 Å². The molecule has 9 nitrogen and oxygen atoms in total. The molecule has 1 aliphatic heterocycles. The number of thioether (sulfide) groups is 1. The van der Waals surface area contributed by atoms with Gasteiger partial charge in [-0.05, 0) is 53.7 Å². The van der Waals surface area contributed by atoms with Crippen LogP contribution in [0, 0.1) is 0 Å². The highest BCUT2D eigenvalue weighted by atomic mass is 32.2. The molecule has 1 aromatic heterocycles. The van der Waals surface area contributed by atoms with Crippen LogP contribution in [0.25, 0.3) is 5.69 Å². The van der Waals surface area contributed by atoms with Gasteiger partial charge in [0.25, 0.3) is 0 Å². The van der Waals surface area contributed by atoms with Crippen LogP contribution in [0.3, 0.4) is 0 Å². The second kappa shape index (κ2) is 8.82. The molecule has 0 fully saturated rings. The Morgan fingerprint density at radius 1 is 1.17 bits per heavy atom. The van der Waals surface area contributed by atoms with E-state index in [0.29, 0.717) is 42.2 Å². The number of carbonyl (C=O) groups is 1. The number of nitrogens with one attached hydrogen (secondary N) is 1. The fraction of sp³-hybridized carbons (Fsp3) is 0.263. The second-order valence-electron chi connectivity index (χ2n) is 6.00. The number of rotatable bonds is 7. The van der Waals surface area contributed by atoms with E-state index in [1.165, 1.54) is 11.8 Å². The summed E-state index contributed by atoms with van der Waals surface area (Å²) in [6.07, 6.45) is 0. The first-order valence-corrected chi connectivity index (χ1v) is 10.1. The van der Waals surface area contributed by atoms with Crippen molar-refractivity contribution in [3.05, 3.63) is 42.5 Å². The Hall–Kier alpha value is -3.27. The fourth-order valence-electron chi connectivity index (χ4n) is 2.73. The number of nitrogens with zero attached hydrogens (tertiary/aromatic N) is 4. The zero-order valence-corrected chi connectivity index (χ0v) is 16.5. The van der Waals surface area contributed by atoms with Crippen molar-refractivity contribution in [1.29, 1.82) is 0 Å². The van der Waals surface area contributed by atoms with E-state index in [4.69, 9.17) is 14.2 Å². The van der Waals surface area contributed by atoms with Crippen LogP contribution >= 0.6 is 11.8 Å². The highest BCUT2D eigenvalue weighted by molar-refractivity contribution is 7.99. The molecule has 0 spiro atoms. The molecule has 0 atom stereocenters. The van der Waals surface area contributed by atoms with Crippen LogP contribution in [-0.4, -0.2) is 51.7 Å². The van der Waals surface area contributed by atoms with Crippen LogP contribution in [0.1, 0.15) is 6.92 Å². The zero-order chi connectivity index (χ0) is 20.1. The van der Waals surface area contributed by atoms with E-state index in [1.807, 2.05) is 31.2 Å². The average Bonchev–Trinajstić information content (AvgIpc) is 3.22. The van der Waals surface area contributed by atoms with E-state index in [1.54, 1.807) is 22.9 Å². The van der Waals surface area contributed by atoms with Gasteiger partial charge in [0.05, 0.1) is 18.0 Å². The van der Waals surface area contributed by atoms with Crippen molar-refractivity contribution in [2.24, 2.45) is 0 Å². The van der Waals surface area contributed by atoms with Gasteiger partial charge in [-0.15, -0.1) is 5.10 Å². The number of carbonyl (C=O) groups excluding carboxylic acids is 1. The van der Waals surface area contributed by atoms with Crippen molar-refractivity contribution in [3.63, 3.8) is 0 Å². The minimum atomic E-state index is -0.173. The summed E-state index contributed by atoms with van der Waals surface area (Å²) in [5.41, 5.74) is 1.43. The summed E-state index contributed by atoms with van der Waals surface area (Å²) < 4.78 is 18.0. The molecule has 1 aliphatic rings. The highest BCUT2D eigenvalue weighted by Crippen LogP contribution is 2.32. The maximum atomic E-state index is 12.3. The number of fused-ring (bicyclic) bond motifs is 1. The Bertz CT molecular complexity index is 993. The lowest BCUT2D eigenvalue weighted by Gasteiger charge is -2.18. The predicted molar refractivity (Wildman–Crippen MR) is 107 cm³/mol. The van der Waals surface area contributed by atoms with Gasteiger partial charge in [-0.1, -0.05) is 11.8 Å². The van der Waals surface area contributed by atoms with Gasteiger partial charge < -0.3 is 19.5 Å². The van der Waals surface area contributed by atoms with Crippen molar-refractivity contribution in [2.75, 3.05) is 30.9 Å². The summed E-state index contributed by atoms with van der Waals surface area (Å²) in [5.74, 6) is 2.07. The quantitative estimate of drug-likeness (QED) is 0.590. The molecule has 0 saturated heterocycles. The molecule has 29 heavy (non-hydrogen) atoms. The summed E-state index contributed by atoms with van der Waals surface area (Å²) in [6, 6.07) is 12.7. The largest absolute Gasteiger partial charge is 0.494 e. The van der Waals surface area contributed by atoms with E-state index < -0.39 is 0 Å². The standard InChI is InChI=1S/C19H19N5O4S/c1-2-26-15-6-4-14(5-7-15)24-19(21-22-23-24)29-12-18(25)20-13-3-8-16-17(11-13)28-10-9-27-16/h3-8,11H,2,9-10,12H2,1H3,(H,20,25). The average molecular weight is 413 g/mol. The normalized spacial score (nSPS) is 12.4. The molecule has 2 heterocycles. The number of hydrogen-bond acceptors (Lipinski definition) is 8. The number of anilines is 1. The molecule has 0 aliphatic carbocycles. The first kappa shape index (κ1) is 19.1. The van der Waals surface area contributed by atoms with Crippen LogP contribution in [0.5, 0.6) is 17.2 Å². The molecule has 0 saturated carbocycles. The summed E-state index contributed by atoms with van der Waals surface area (Å²) >= 11 is 1.25. The third-order valence-electron chi connectivity index (χ3n) is 3.99. The smallest absolute Gasteiger partial charge is 0.234 e. The molecule has 150 valence electrons. The van der Waals surface area contributed by atoms with Crippen LogP contribution < -0.4 is 19.5 Å². The Morgan fingerprint density at radius 3 is 2.76 bits per heavy atom. The SMILES string of the molecule is CCOc1ccc(-n2nnnc2SCC(=O)Nc2ccc3c(c2)OCCO3)cc1. The second-order valence-corrected chi connectivity index (χ2v) is 6.94. The van der Waals surface area contributed by atoms with Crippen molar-refractivity contribution in [2.45, 2.75) is 12.1 Å². The van der Waals surface area contributed by atoms with Gasteiger partial charge in [-0.3, -0.25) is 4.79 Å². The molecular weight excluding hydrogens is 394 g/mol. The number of hydrogen-bond donors (Lipinski definition) is 1. The molecule has 3 aromatic rings. The molecule has 4 rings (SSSR count). The number of benzene rings is 2. The van der Waals surface area contributed by atoms with E-state index in [-0.39, 0.29) is 11.7 Å². The van der Waals surface area contributed by atoms with Gasteiger partial charge in [0, 0.05) is 11.8 Å². The highest BCUT2D eigenvalue weighted by Gasteiger charge is 2.15. The van der Waals surface area contributed by atoms with Crippen molar-refractivity contribution >= 4 is 23.4 Å². The Morgan fingerprint density at radius 2 is 1.97 bits per heavy atom. The lowest BCUT2D eigenvalue weighted by molar-refractivity contribution is -0.113. The van der Waals surface area contributed by atoms with Crippen molar-refractivity contribution in [1.82, 2.24) is 20.2 Å². The van der Waals surface area contributed by atoms with E-state index in [2.05, 4.69) is 20.8 Å². The van der Waals surface area contributed by atoms with E-state index in [9.17, 15) is 4.79 Å². The van der Waals surface area contributed by atoms with Gasteiger partial charge in [0.1, 0.15) is 19.0 Å². The molecule has 1 amide bonds. The monoisotopic (exact) mass is 413 g/mol. The minimum Gasteiger partial charge on any atom is -0.494 e. The van der Waals surface area contributed by atoms with Crippen molar-refractivity contribution < 1.29 is 19.0 Å². The molecule has 2 aromatic carbocycles. The Labute approximate surface area is 171 Å². The minimum absolute atomic E-state index is 0.159. The van der Waals surface area contributed by atoms with Crippen LogP contribution in [0.15, 0.2) is 47.6 Å². The summed E-state index contributed by atoms with van der Waals surface area (Å²) in [7, 11) is 0. The van der Waals surface area contributed by atoms with Crippen LogP contribution in [0.4, 0.5) is 5.69 Å². The molecule has 1 N–H and O–H groups in total. The van der Waals surface area contributed by atoms with Crippen LogP contribution in [0.2, 0.25) is 0 Å². The van der Waals surface area contributed by atoms with Gasteiger partial charge in [-0.2, -0.15) is 4.68 Å². The number of aromatic nitrogens is 4. The lowest BCUT2D eigenvalue weighted by atomic mass is 10.2. The van der Waals surface area contributed by atoms with E-state index >= 15 is 0 Å². The Kier molecular flexibility index (Phi) is 5.80. The van der Waals surface area contributed by atoms with E-state index in [0.717, 1.165) is 11.4 Å². The number of tetrazole rings is 1. The molecule has 0 unspecified atom stereocenters. The molecule has 10 heteroatoms. The fourth-order valence-corrected chi connectivity index (χ4v) is 3.42. The maximum Gasteiger partial charge on any atom is 0.234 e. The lowest BCUT2D eigenvalue weighted by Crippen LogP contribution is -2.17.